The zero-order valence-electron chi connectivity index (χ0n) is 12.8. The minimum atomic E-state index is 0.367. The van der Waals surface area contributed by atoms with Gasteiger partial charge in [0.2, 0.25) is 0 Å². The third-order valence-electron chi connectivity index (χ3n) is 6.15. The van der Waals surface area contributed by atoms with Crippen LogP contribution in [0.25, 0.3) is 0 Å². The first-order valence-electron chi connectivity index (χ1n) is 8.43. The number of hydrogen-bond acceptors (Lipinski definition) is 2. The summed E-state index contributed by atoms with van der Waals surface area (Å²) < 4.78 is 6.37. The minimum absolute atomic E-state index is 0.367. The maximum Gasteiger partial charge on any atom is 0.111 e. The second kappa shape index (κ2) is 4.37. The van der Waals surface area contributed by atoms with E-state index in [0.29, 0.717) is 17.9 Å². The first-order chi connectivity index (χ1) is 9.59. The molecular weight excluding hydrogens is 246 g/mol. The second-order valence-corrected chi connectivity index (χ2v) is 8.06. The van der Waals surface area contributed by atoms with Crippen molar-refractivity contribution >= 4 is 0 Å². The van der Waals surface area contributed by atoms with Crippen LogP contribution in [0.5, 0.6) is 0 Å². The molecule has 1 aromatic rings. The minimum Gasteiger partial charge on any atom is -0.465 e. The van der Waals surface area contributed by atoms with Crippen LogP contribution in [0.1, 0.15) is 75.4 Å². The molecule has 5 rings (SSSR count). The lowest BCUT2D eigenvalue weighted by Crippen LogP contribution is -2.48. The summed E-state index contributed by atoms with van der Waals surface area (Å²) in [7, 11) is 0. The van der Waals surface area contributed by atoms with Crippen LogP contribution < -0.4 is 5.73 Å². The van der Waals surface area contributed by atoms with Gasteiger partial charge in [-0.3, -0.25) is 0 Å². The highest BCUT2D eigenvalue weighted by Gasteiger charge is 2.53. The predicted molar refractivity (Wildman–Crippen MR) is 80.5 cm³/mol. The molecule has 20 heavy (non-hydrogen) atoms. The van der Waals surface area contributed by atoms with Crippen LogP contribution >= 0.6 is 0 Å². The summed E-state index contributed by atoms with van der Waals surface area (Å²) in [5.74, 6) is 5.76. The van der Waals surface area contributed by atoms with Gasteiger partial charge in [-0.05, 0) is 62.3 Å². The van der Waals surface area contributed by atoms with E-state index >= 15 is 0 Å². The average molecular weight is 273 g/mol. The molecule has 0 amide bonds. The fraction of sp³-hybridized carbons (Fsp3) is 0.778. The molecule has 0 spiro atoms. The molecule has 0 atom stereocenters. The Morgan fingerprint density at radius 3 is 2.10 bits per heavy atom. The molecule has 0 saturated heterocycles. The first-order valence-corrected chi connectivity index (χ1v) is 8.43. The molecule has 2 heteroatoms. The van der Waals surface area contributed by atoms with Crippen LogP contribution in [0.15, 0.2) is 10.5 Å². The van der Waals surface area contributed by atoms with E-state index in [0.717, 1.165) is 23.5 Å². The Morgan fingerprint density at radius 2 is 1.70 bits per heavy atom. The standard InChI is InChI=1S/C18H27NO/c1-11(2)17-15(10-19)6-16(20-17)18-7-12-3-13(8-18)5-14(4-12)9-18/h6,11-14H,3-5,7-10,19H2,1-2H3. The fourth-order valence-electron chi connectivity index (χ4n) is 5.76. The van der Waals surface area contributed by atoms with Crippen LogP contribution in [0, 0.1) is 17.8 Å². The Bertz CT molecular complexity index is 478. The Kier molecular flexibility index (Phi) is 2.82. The summed E-state index contributed by atoms with van der Waals surface area (Å²) in [5, 5.41) is 0. The van der Waals surface area contributed by atoms with E-state index < -0.39 is 0 Å². The first kappa shape index (κ1) is 12.9. The Balaban J connectivity index is 1.73. The van der Waals surface area contributed by atoms with Gasteiger partial charge in [-0.15, -0.1) is 0 Å². The molecule has 0 aromatic carbocycles. The topological polar surface area (TPSA) is 39.2 Å². The zero-order chi connectivity index (χ0) is 13.9. The van der Waals surface area contributed by atoms with Crippen molar-refractivity contribution in [3.63, 3.8) is 0 Å². The highest BCUT2D eigenvalue weighted by Crippen LogP contribution is 2.61. The molecule has 4 fully saturated rings. The molecule has 2 nitrogen and oxygen atoms in total. The lowest BCUT2D eigenvalue weighted by atomic mass is 9.49. The van der Waals surface area contributed by atoms with E-state index in [9.17, 15) is 0 Å². The largest absolute Gasteiger partial charge is 0.465 e. The maximum atomic E-state index is 6.37. The van der Waals surface area contributed by atoms with E-state index in [1.165, 1.54) is 49.8 Å². The molecule has 2 N–H and O–H groups in total. The molecule has 0 unspecified atom stereocenters. The van der Waals surface area contributed by atoms with Gasteiger partial charge in [0.05, 0.1) is 0 Å². The molecule has 4 aliphatic rings. The van der Waals surface area contributed by atoms with Crippen LogP contribution in [-0.4, -0.2) is 0 Å². The summed E-state index contributed by atoms with van der Waals surface area (Å²) in [6.07, 6.45) is 8.57. The van der Waals surface area contributed by atoms with E-state index in [1.807, 2.05) is 0 Å². The monoisotopic (exact) mass is 273 g/mol. The van der Waals surface area contributed by atoms with Crippen LogP contribution in [0.2, 0.25) is 0 Å². The number of furan rings is 1. The number of hydrogen-bond donors (Lipinski definition) is 1. The number of nitrogens with two attached hydrogens (primary N) is 1. The number of rotatable bonds is 3. The van der Waals surface area contributed by atoms with Crippen molar-refractivity contribution in [3.05, 3.63) is 23.2 Å². The van der Waals surface area contributed by atoms with Gasteiger partial charge in [0, 0.05) is 23.4 Å². The smallest absolute Gasteiger partial charge is 0.111 e. The summed E-state index contributed by atoms with van der Waals surface area (Å²) in [5.41, 5.74) is 7.54. The van der Waals surface area contributed by atoms with Crippen molar-refractivity contribution in [1.82, 2.24) is 0 Å². The summed E-state index contributed by atoms with van der Waals surface area (Å²) >= 11 is 0. The molecule has 4 bridgehead atoms. The SMILES string of the molecule is CC(C)c1oc(C23CC4CC(CC(C4)C2)C3)cc1CN. The van der Waals surface area contributed by atoms with Gasteiger partial charge in [0.15, 0.2) is 0 Å². The Labute approximate surface area is 122 Å². The van der Waals surface area contributed by atoms with Crippen molar-refractivity contribution in [2.45, 2.75) is 70.3 Å². The lowest BCUT2D eigenvalue weighted by molar-refractivity contribution is -0.0156. The van der Waals surface area contributed by atoms with Crippen molar-refractivity contribution < 1.29 is 4.42 Å². The van der Waals surface area contributed by atoms with E-state index in [4.69, 9.17) is 10.2 Å². The zero-order valence-corrected chi connectivity index (χ0v) is 12.8. The molecular formula is C18H27NO. The Hall–Kier alpha value is -0.760. The van der Waals surface area contributed by atoms with Crippen molar-refractivity contribution in [3.8, 4) is 0 Å². The van der Waals surface area contributed by atoms with E-state index in [2.05, 4.69) is 19.9 Å². The highest BCUT2D eigenvalue weighted by atomic mass is 16.3. The molecule has 1 aromatic heterocycles. The highest BCUT2D eigenvalue weighted by molar-refractivity contribution is 5.30. The van der Waals surface area contributed by atoms with Crippen LogP contribution in [-0.2, 0) is 12.0 Å². The molecule has 110 valence electrons. The third-order valence-corrected chi connectivity index (χ3v) is 6.15. The summed E-state index contributed by atoms with van der Waals surface area (Å²) in [6, 6.07) is 2.31. The van der Waals surface area contributed by atoms with Gasteiger partial charge >= 0.3 is 0 Å². The normalized spacial score (nSPS) is 38.9. The molecule has 0 radical (unpaired) electrons. The third kappa shape index (κ3) is 1.80. The molecule has 1 heterocycles. The van der Waals surface area contributed by atoms with Crippen LogP contribution in [0.4, 0.5) is 0 Å². The lowest BCUT2D eigenvalue weighted by Gasteiger charge is -2.55. The van der Waals surface area contributed by atoms with Crippen molar-refractivity contribution in [2.75, 3.05) is 0 Å². The molecule has 4 saturated carbocycles. The van der Waals surface area contributed by atoms with Gasteiger partial charge in [-0.25, -0.2) is 0 Å². The summed E-state index contributed by atoms with van der Waals surface area (Å²) in [6.45, 7) is 5.03. The average Bonchev–Trinajstić information content (AvgIpc) is 2.82. The van der Waals surface area contributed by atoms with Gasteiger partial charge in [0.25, 0.3) is 0 Å². The van der Waals surface area contributed by atoms with Gasteiger partial charge in [0.1, 0.15) is 11.5 Å². The van der Waals surface area contributed by atoms with Gasteiger partial charge in [-0.2, -0.15) is 0 Å². The maximum absolute atomic E-state index is 6.37. The van der Waals surface area contributed by atoms with Gasteiger partial charge < -0.3 is 10.2 Å². The van der Waals surface area contributed by atoms with Crippen LogP contribution in [0.3, 0.4) is 0 Å². The molecule has 4 aliphatic carbocycles. The fourth-order valence-corrected chi connectivity index (χ4v) is 5.76. The quantitative estimate of drug-likeness (QED) is 0.890. The predicted octanol–water partition coefficient (Wildman–Crippen LogP) is 4.33. The Morgan fingerprint density at radius 1 is 1.15 bits per heavy atom. The summed E-state index contributed by atoms with van der Waals surface area (Å²) in [4.78, 5) is 0. The van der Waals surface area contributed by atoms with Crippen molar-refractivity contribution in [1.29, 1.82) is 0 Å². The second-order valence-electron chi connectivity index (χ2n) is 8.06. The van der Waals surface area contributed by atoms with Crippen molar-refractivity contribution in [2.24, 2.45) is 23.5 Å². The van der Waals surface area contributed by atoms with E-state index in [-0.39, 0.29) is 0 Å². The van der Waals surface area contributed by atoms with Gasteiger partial charge in [-0.1, -0.05) is 13.8 Å². The molecule has 0 aliphatic heterocycles. The van der Waals surface area contributed by atoms with E-state index in [1.54, 1.807) is 0 Å².